The van der Waals surface area contributed by atoms with Gasteiger partial charge < -0.3 is 15.3 Å². The van der Waals surface area contributed by atoms with Gasteiger partial charge in [0, 0.05) is 7.05 Å². The monoisotopic (exact) mass is 627 g/mol. The predicted molar refractivity (Wildman–Crippen MR) is 148 cm³/mol. The molecule has 43 heavy (non-hydrogen) atoms. The van der Waals surface area contributed by atoms with Crippen molar-refractivity contribution < 1.29 is 40.6 Å². The minimum Gasteiger partial charge on any atom is -0.384 e. The van der Waals surface area contributed by atoms with Crippen molar-refractivity contribution in [1.29, 1.82) is 5.26 Å². The van der Waals surface area contributed by atoms with Gasteiger partial charge in [0.2, 0.25) is 5.91 Å². The number of carbonyl (C=O) groups excluding carboxylic acids is 1. The Morgan fingerprint density at radius 3 is 2.02 bits per heavy atom. The van der Waals surface area contributed by atoms with Gasteiger partial charge in [0.25, 0.3) is 0 Å². The second kappa shape index (κ2) is 11.2. The Kier molecular flexibility index (Phi) is 8.47. The molecule has 1 fully saturated rings. The van der Waals surface area contributed by atoms with Gasteiger partial charge in [-0.25, -0.2) is 4.39 Å². The summed E-state index contributed by atoms with van der Waals surface area (Å²) in [6.45, 7) is 4.89. The van der Waals surface area contributed by atoms with Gasteiger partial charge in [0.15, 0.2) is 0 Å². The summed E-state index contributed by atoms with van der Waals surface area (Å²) in [7, 11) is 1.27. The fourth-order valence-electron chi connectivity index (χ4n) is 5.27. The molecule has 4 rings (SSSR count). The first-order chi connectivity index (χ1) is 19.8. The summed E-state index contributed by atoms with van der Waals surface area (Å²) in [6, 6.07) is 6.94. The van der Waals surface area contributed by atoms with Crippen molar-refractivity contribution in [3.63, 3.8) is 0 Å². The van der Waals surface area contributed by atoms with Crippen LogP contribution >= 0.6 is 11.3 Å². The molecule has 1 aliphatic rings. The first-order valence-corrected chi connectivity index (χ1v) is 14.0. The molecule has 0 atom stereocenters. The Bertz CT molecular complexity index is 1560. The Labute approximate surface area is 247 Å². The fraction of sp³-hybridized carbons (Fsp3) is 0.400. The number of nitrogens with one attached hydrogen (secondary N) is 1. The molecule has 0 aliphatic carbocycles. The van der Waals surface area contributed by atoms with E-state index in [2.05, 4.69) is 11.4 Å². The molecule has 1 aromatic heterocycles. The number of amides is 1. The van der Waals surface area contributed by atoms with Crippen molar-refractivity contribution in [2.75, 3.05) is 25.0 Å². The molecule has 2 aromatic carbocycles. The molecule has 0 spiro atoms. The molecule has 2 heterocycles. The quantitative estimate of drug-likeness (QED) is 0.292. The van der Waals surface area contributed by atoms with Gasteiger partial charge in [0.1, 0.15) is 17.5 Å². The Morgan fingerprint density at radius 2 is 1.53 bits per heavy atom. The van der Waals surface area contributed by atoms with Gasteiger partial charge in [-0.3, -0.25) is 4.79 Å². The number of aryl methyl sites for hydroxylation is 1. The molecular weight excluding hydrogens is 599 g/mol. The lowest BCUT2D eigenvalue weighted by atomic mass is 9.81. The van der Waals surface area contributed by atoms with Gasteiger partial charge in [-0.05, 0) is 93.7 Å². The van der Waals surface area contributed by atoms with Crippen LogP contribution in [0.15, 0.2) is 36.4 Å². The molecule has 0 saturated carbocycles. The van der Waals surface area contributed by atoms with Crippen molar-refractivity contribution in [1.82, 2.24) is 5.32 Å². The van der Waals surface area contributed by atoms with E-state index in [1.807, 2.05) is 0 Å². The molecule has 1 saturated heterocycles. The smallest absolute Gasteiger partial charge is 0.384 e. The maximum Gasteiger partial charge on any atom is 0.416 e. The van der Waals surface area contributed by atoms with Gasteiger partial charge in [-0.15, -0.1) is 11.3 Å². The first kappa shape index (κ1) is 32.4. The predicted octanol–water partition coefficient (Wildman–Crippen LogP) is 7.28. The van der Waals surface area contributed by atoms with E-state index >= 15 is 0 Å². The molecule has 230 valence electrons. The number of likely N-dealkylation sites (N-methyl/N-ethyl adjacent to an activating group) is 1. The SMILES string of the molecule is Cc1cc(F)ccc1-c1sc(C2(O)CCNCC2)c(C#N)c1N(C)C(=O)C(C)(C)c1cc(C(F)(F)F)cc(C(F)(F)F)c1. The Balaban J connectivity index is 1.93. The molecule has 0 unspecified atom stereocenters. The van der Waals surface area contributed by atoms with Crippen LogP contribution in [0.3, 0.4) is 0 Å². The molecule has 0 radical (unpaired) electrons. The number of hydrogen-bond donors (Lipinski definition) is 2. The van der Waals surface area contributed by atoms with Crippen molar-refractivity contribution >= 4 is 22.9 Å². The van der Waals surface area contributed by atoms with Gasteiger partial charge in [-0.1, -0.05) is 6.07 Å². The van der Waals surface area contributed by atoms with E-state index < -0.39 is 51.8 Å². The third-order valence-corrected chi connectivity index (χ3v) is 9.17. The minimum atomic E-state index is -5.12. The summed E-state index contributed by atoms with van der Waals surface area (Å²) >= 11 is 1.04. The van der Waals surface area contributed by atoms with E-state index in [1.165, 1.54) is 39.1 Å². The van der Waals surface area contributed by atoms with Crippen LogP contribution in [0.1, 0.15) is 59.4 Å². The number of benzene rings is 2. The van der Waals surface area contributed by atoms with Crippen molar-refractivity contribution in [3.8, 4) is 16.5 Å². The lowest BCUT2D eigenvalue weighted by molar-refractivity contribution is -0.143. The highest BCUT2D eigenvalue weighted by Crippen LogP contribution is 2.50. The van der Waals surface area contributed by atoms with E-state index in [0.717, 1.165) is 16.2 Å². The van der Waals surface area contributed by atoms with Crippen LogP contribution in [0.4, 0.5) is 36.4 Å². The van der Waals surface area contributed by atoms with E-state index in [-0.39, 0.29) is 35.0 Å². The lowest BCUT2D eigenvalue weighted by Gasteiger charge is -2.33. The number of piperidine rings is 1. The topological polar surface area (TPSA) is 76.4 Å². The number of carbonyl (C=O) groups is 1. The molecule has 0 bridgehead atoms. The molecule has 2 N–H and O–H groups in total. The van der Waals surface area contributed by atoms with Crippen LogP contribution in [-0.4, -0.2) is 31.2 Å². The summed E-state index contributed by atoms with van der Waals surface area (Å²) in [6.07, 6.45) is -9.74. The number of alkyl halides is 6. The summed E-state index contributed by atoms with van der Waals surface area (Å²) in [5, 5.41) is 25.0. The molecule has 3 aromatic rings. The van der Waals surface area contributed by atoms with Crippen LogP contribution in [0.2, 0.25) is 0 Å². The number of aliphatic hydroxyl groups is 1. The summed E-state index contributed by atoms with van der Waals surface area (Å²) < 4.78 is 95.7. The molecule has 13 heteroatoms. The van der Waals surface area contributed by atoms with E-state index in [1.54, 1.807) is 6.92 Å². The van der Waals surface area contributed by atoms with Gasteiger partial charge in [0.05, 0.1) is 37.5 Å². The van der Waals surface area contributed by atoms with Crippen LogP contribution in [0.5, 0.6) is 0 Å². The zero-order valence-electron chi connectivity index (χ0n) is 23.6. The standard InChI is InChI=1S/C30H28F7N3O2S/c1-16-11-20(31)5-6-21(16)24-23(22(15-38)25(43-24)28(42)7-9-39-10-8-28)40(4)26(41)27(2,3)17-12-18(29(32,33)34)14-19(13-17)30(35,36)37/h5-6,11-14,39,42H,7-10H2,1-4H3. The average molecular weight is 628 g/mol. The van der Waals surface area contributed by atoms with Gasteiger partial charge in [-0.2, -0.15) is 31.6 Å². The summed E-state index contributed by atoms with van der Waals surface area (Å²) in [5.74, 6) is -1.44. The summed E-state index contributed by atoms with van der Waals surface area (Å²) in [5.41, 5.74) is -6.18. The number of hydrogen-bond acceptors (Lipinski definition) is 5. The molecular formula is C30H28F7N3O2S. The maximum atomic E-state index is 14.1. The number of nitriles is 1. The third kappa shape index (κ3) is 6.14. The van der Waals surface area contributed by atoms with Crippen molar-refractivity contribution in [3.05, 3.63) is 74.9 Å². The summed E-state index contributed by atoms with van der Waals surface area (Å²) in [4.78, 5) is 15.7. The van der Waals surface area contributed by atoms with Crippen molar-refractivity contribution in [2.24, 2.45) is 0 Å². The Hall–Kier alpha value is -3.47. The molecule has 5 nitrogen and oxygen atoms in total. The molecule has 1 amide bonds. The number of anilines is 1. The average Bonchev–Trinajstić information content (AvgIpc) is 3.31. The van der Waals surface area contributed by atoms with E-state index in [9.17, 15) is 45.9 Å². The largest absolute Gasteiger partial charge is 0.416 e. The normalized spacial score (nSPS) is 15.7. The highest BCUT2D eigenvalue weighted by molar-refractivity contribution is 7.16. The zero-order valence-corrected chi connectivity index (χ0v) is 24.4. The number of nitrogens with zero attached hydrogens (tertiary/aromatic N) is 2. The second-order valence-electron chi connectivity index (χ2n) is 11.1. The number of thiophene rings is 1. The first-order valence-electron chi connectivity index (χ1n) is 13.2. The lowest BCUT2D eigenvalue weighted by Crippen LogP contribution is -2.42. The maximum absolute atomic E-state index is 14.1. The van der Waals surface area contributed by atoms with Crippen molar-refractivity contribution in [2.45, 2.75) is 57.0 Å². The Morgan fingerprint density at radius 1 is 1.00 bits per heavy atom. The van der Waals surface area contributed by atoms with Gasteiger partial charge >= 0.3 is 12.4 Å². The third-order valence-electron chi connectivity index (χ3n) is 7.77. The highest BCUT2D eigenvalue weighted by atomic mass is 32.1. The minimum absolute atomic E-state index is 0.0121. The zero-order chi connectivity index (χ0) is 32.1. The van der Waals surface area contributed by atoms with Crippen LogP contribution in [0.25, 0.3) is 10.4 Å². The fourth-order valence-corrected chi connectivity index (χ4v) is 6.78. The van der Waals surface area contributed by atoms with E-state index in [0.29, 0.717) is 41.2 Å². The van der Waals surface area contributed by atoms with Crippen LogP contribution < -0.4 is 10.2 Å². The van der Waals surface area contributed by atoms with Crippen LogP contribution in [-0.2, 0) is 28.2 Å². The number of halogens is 7. The number of rotatable bonds is 5. The molecule has 1 aliphatic heterocycles. The van der Waals surface area contributed by atoms with Crippen LogP contribution in [0, 0.1) is 24.1 Å². The second-order valence-corrected chi connectivity index (χ2v) is 12.1. The van der Waals surface area contributed by atoms with E-state index in [4.69, 9.17) is 0 Å². The highest BCUT2D eigenvalue weighted by Gasteiger charge is 2.43.